The molecule has 9 heteroatoms. The monoisotopic (exact) mass is 416 g/mol. The molecule has 1 heterocycles. The molecule has 2 N–H and O–H groups in total. The standard InChI is InChI=1S/C15H14BrFN2O4S/c1-15(6-10(13(21)23-3)24-14(18)19-15)9-5-7(16)4-8(11(9)17)12(20)22-2/h4-6H,1-3H3,(H2,18,19)/t15-/m0/s1. The highest BCUT2D eigenvalue weighted by molar-refractivity contribution is 9.10. The first-order valence-corrected chi connectivity index (χ1v) is 8.25. The predicted octanol–water partition coefficient (Wildman–Crippen LogP) is 2.71. The summed E-state index contributed by atoms with van der Waals surface area (Å²) < 4.78 is 24.6. The van der Waals surface area contributed by atoms with Gasteiger partial charge in [-0.2, -0.15) is 0 Å². The Labute approximate surface area is 150 Å². The number of amidine groups is 1. The van der Waals surface area contributed by atoms with E-state index in [1.54, 1.807) is 6.92 Å². The number of nitrogens with two attached hydrogens (primary N) is 1. The molecule has 0 aliphatic carbocycles. The Kier molecular flexibility index (Phi) is 5.34. The van der Waals surface area contributed by atoms with E-state index in [0.29, 0.717) is 4.47 Å². The number of hydrogen-bond acceptors (Lipinski definition) is 7. The van der Waals surface area contributed by atoms with Gasteiger partial charge in [-0.15, -0.1) is 0 Å². The Morgan fingerprint density at radius 2 is 1.92 bits per heavy atom. The van der Waals surface area contributed by atoms with Gasteiger partial charge >= 0.3 is 11.9 Å². The molecular weight excluding hydrogens is 403 g/mol. The highest BCUT2D eigenvalue weighted by Gasteiger charge is 2.35. The quantitative estimate of drug-likeness (QED) is 0.761. The number of esters is 2. The van der Waals surface area contributed by atoms with Crippen molar-refractivity contribution in [3.05, 3.63) is 44.5 Å². The van der Waals surface area contributed by atoms with Crippen LogP contribution in [0.15, 0.2) is 32.6 Å². The molecule has 0 saturated heterocycles. The van der Waals surface area contributed by atoms with Crippen LogP contribution in [0.5, 0.6) is 0 Å². The molecule has 1 aliphatic rings. The minimum absolute atomic E-state index is 0.0712. The molecule has 128 valence electrons. The van der Waals surface area contributed by atoms with Gasteiger partial charge in [0.2, 0.25) is 0 Å². The number of thioether (sulfide) groups is 1. The molecule has 0 fully saturated rings. The third-order valence-corrected chi connectivity index (χ3v) is 4.61. The summed E-state index contributed by atoms with van der Waals surface area (Å²) in [5.41, 5.74) is 4.32. The van der Waals surface area contributed by atoms with Gasteiger partial charge in [-0.25, -0.2) is 19.0 Å². The number of benzene rings is 1. The smallest absolute Gasteiger partial charge is 0.344 e. The van der Waals surface area contributed by atoms with Gasteiger partial charge in [-0.1, -0.05) is 15.9 Å². The topological polar surface area (TPSA) is 91.0 Å². The molecule has 1 aliphatic heterocycles. The van der Waals surface area contributed by atoms with Gasteiger partial charge in [-0.05, 0) is 36.9 Å². The van der Waals surface area contributed by atoms with Gasteiger partial charge in [0.25, 0.3) is 0 Å². The average Bonchev–Trinajstić information content (AvgIpc) is 2.54. The lowest BCUT2D eigenvalue weighted by Gasteiger charge is -2.28. The van der Waals surface area contributed by atoms with Crippen LogP contribution in [0.25, 0.3) is 0 Å². The maximum Gasteiger partial charge on any atom is 0.344 e. The second-order valence-electron chi connectivity index (χ2n) is 5.01. The van der Waals surface area contributed by atoms with E-state index in [0.717, 1.165) is 18.9 Å². The Balaban J connectivity index is 2.67. The molecule has 1 aromatic rings. The SMILES string of the molecule is COC(=O)C1=C[C@@](C)(c2cc(Br)cc(C(=O)OC)c2F)N=C(N)S1. The molecule has 24 heavy (non-hydrogen) atoms. The maximum atomic E-state index is 14.9. The average molecular weight is 417 g/mol. The molecule has 0 spiro atoms. The van der Waals surface area contributed by atoms with Crippen LogP contribution < -0.4 is 5.73 Å². The maximum absolute atomic E-state index is 14.9. The minimum atomic E-state index is -1.28. The Hall–Kier alpha value is -1.87. The second-order valence-corrected chi connectivity index (χ2v) is 6.98. The van der Waals surface area contributed by atoms with E-state index in [-0.39, 0.29) is 21.2 Å². The summed E-state index contributed by atoms with van der Waals surface area (Å²) in [4.78, 5) is 28.0. The van der Waals surface area contributed by atoms with Crippen LogP contribution in [0.3, 0.4) is 0 Å². The number of rotatable bonds is 3. The van der Waals surface area contributed by atoms with E-state index >= 15 is 0 Å². The van der Waals surface area contributed by atoms with Crippen LogP contribution in [0.4, 0.5) is 4.39 Å². The van der Waals surface area contributed by atoms with Crippen molar-refractivity contribution in [2.24, 2.45) is 10.7 Å². The van der Waals surface area contributed by atoms with Crippen LogP contribution in [0.1, 0.15) is 22.8 Å². The van der Waals surface area contributed by atoms with Crippen molar-refractivity contribution < 1.29 is 23.5 Å². The van der Waals surface area contributed by atoms with Crippen molar-refractivity contribution in [3.63, 3.8) is 0 Å². The van der Waals surface area contributed by atoms with Crippen LogP contribution in [-0.2, 0) is 19.8 Å². The van der Waals surface area contributed by atoms with Crippen molar-refractivity contribution in [2.45, 2.75) is 12.5 Å². The van der Waals surface area contributed by atoms with Gasteiger partial charge in [0.15, 0.2) is 5.17 Å². The van der Waals surface area contributed by atoms with E-state index in [9.17, 15) is 14.0 Å². The molecule has 0 radical (unpaired) electrons. The van der Waals surface area contributed by atoms with Crippen LogP contribution in [0.2, 0.25) is 0 Å². The summed E-state index contributed by atoms with van der Waals surface area (Å²) in [6, 6.07) is 2.78. The third-order valence-electron chi connectivity index (χ3n) is 3.34. The zero-order chi connectivity index (χ0) is 18.1. The lowest BCUT2D eigenvalue weighted by molar-refractivity contribution is -0.135. The lowest BCUT2D eigenvalue weighted by Crippen LogP contribution is -2.28. The highest BCUT2D eigenvalue weighted by Crippen LogP contribution is 2.39. The second kappa shape index (κ2) is 6.94. The molecule has 0 saturated carbocycles. The van der Waals surface area contributed by atoms with Crippen molar-refractivity contribution in [2.75, 3.05) is 14.2 Å². The molecule has 0 bridgehead atoms. The summed E-state index contributed by atoms with van der Waals surface area (Å²) in [7, 11) is 2.39. The molecule has 1 atom stereocenters. The fourth-order valence-corrected chi connectivity index (χ4v) is 3.61. The minimum Gasteiger partial charge on any atom is -0.465 e. The van der Waals surface area contributed by atoms with Crippen LogP contribution in [0, 0.1) is 5.82 Å². The van der Waals surface area contributed by atoms with Gasteiger partial charge in [0.1, 0.15) is 11.4 Å². The number of hydrogen-bond donors (Lipinski definition) is 1. The van der Waals surface area contributed by atoms with Crippen molar-refractivity contribution in [1.29, 1.82) is 0 Å². The predicted molar refractivity (Wildman–Crippen MR) is 92.1 cm³/mol. The number of carbonyl (C=O) groups is 2. The zero-order valence-corrected chi connectivity index (χ0v) is 15.5. The molecule has 0 aromatic heterocycles. The summed E-state index contributed by atoms with van der Waals surface area (Å²) in [6.07, 6.45) is 1.45. The van der Waals surface area contributed by atoms with Crippen LogP contribution >= 0.6 is 27.7 Å². The molecule has 1 aromatic carbocycles. The van der Waals surface area contributed by atoms with Crippen molar-refractivity contribution >= 4 is 44.8 Å². The Morgan fingerprint density at radius 3 is 2.50 bits per heavy atom. The number of methoxy groups -OCH3 is 2. The largest absolute Gasteiger partial charge is 0.465 e. The summed E-state index contributed by atoms with van der Waals surface area (Å²) in [5.74, 6) is -2.22. The van der Waals surface area contributed by atoms with E-state index in [1.807, 2.05) is 0 Å². The molecule has 2 rings (SSSR count). The van der Waals surface area contributed by atoms with Crippen molar-refractivity contribution in [3.8, 4) is 0 Å². The molecule has 0 amide bonds. The fraction of sp³-hybridized carbons (Fsp3) is 0.267. The number of nitrogens with zero attached hydrogens (tertiary/aromatic N) is 1. The van der Waals surface area contributed by atoms with E-state index < -0.39 is 23.3 Å². The number of ether oxygens (including phenoxy) is 2. The summed E-state index contributed by atoms with van der Waals surface area (Å²) >= 11 is 4.17. The van der Waals surface area contributed by atoms with Gasteiger partial charge in [0.05, 0.1) is 24.7 Å². The summed E-state index contributed by atoms with van der Waals surface area (Å²) in [6.45, 7) is 1.58. The highest BCUT2D eigenvalue weighted by atomic mass is 79.9. The fourth-order valence-electron chi connectivity index (χ4n) is 2.24. The molecule has 0 unspecified atom stereocenters. The first kappa shape index (κ1) is 18.5. The zero-order valence-electron chi connectivity index (χ0n) is 13.1. The van der Waals surface area contributed by atoms with Gasteiger partial charge < -0.3 is 15.2 Å². The third kappa shape index (κ3) is 3.46. The Morgan fingerprint density at radius 1 is 1.29 bits per heavy atom. The van der Waals surface area contributed by atoms with Crippen LogP contribution in [-0.4, -0.2) is 31.3 Å². The lowest BCUT2D eigenvalue weighted by atomic mass is 9.90. The number of carbonyl (C=O) groups excluding carboxylic acids is 2. The molecular formula is C15H14BrFN2O4S. The van der Waals surface area contributed by atoms with Gasteiger partial charge in [0, 0.05) is 10.0 Å². The first-order valence-electron chi connectivity index (χ1n) is 6.64. The Bertz CT molecular complexity index is 781. The first-order chi connectivity index (χ1) is 11.2. The number of aliphatic imine (C=N–C) groups is 1. The van der Waals surface area contributed by atoms with Crippen molar-refractivity contribution in [1.82, 2.24) is 0 Å². The molecule has 6 nitrogen and oxygen atoms in total. The van der Waals surface area contributed by atoms with E-state index in [2.05, 4.69) is 30.4 Å². The van der Waals surface area contributed by atoms with Gasteiger partial charge in [-0.3, -0.25) is 0 Å². The van der Waals surface area contributed by atoms with E-state index in [4.69, 9.17) is 5.73 Å². The summed E-state index contributed by atoms with van der Waals surface area (Å²) in [5, 5.41) is 0.0828. The number of halogens is 2. The normalized spacial score (nSPS) is 20.0. The van der Waals surface area contributed by atoms with E-state index in [1.165, 1.54) is 25.3 Å².